The number of esters is 2. The van der Waals surface area contributed by atoms with E-state index < -0.39 is 11.3 Å². The fraction of sp³-hybridized carbons (Fsp3) is 0.654. The van der Waals surface area contributed by atoms with E-state index in [4.69, 9.17) is 21.1 Å². The predicted octanol–water partition coefficient (Wildman–Crippen LogP) is 6.82. The van der Waals surface area contributed by atoms with Crippen LogP contribution in [0.1, 0.15) is 85.0 Å². The van der Waals surface area contributed by atoms with Crippen LogP contribution in [-0.2, 0) is 9.59 Å². The third-order valence-corrected chi connectivity index (χ3v) is 7.03. The van der Waals surface area contributed by atoms with Gasteiger partial charge in [0, 0.05) is 0 Å². The van der Waals surface area contributed by atoms with Gasteiger partial charge in [-0.2, -0.15) is 5.26 Å². The summed E-state index contributed by atoms with van der Waals surface area (Å²) in [5, 5.41) is 9.03. The van der Waals surface area contributed by atoms with E-state index in [1.165, 1.54) is 25.7 Å². The van der Waals surface area contributed by atoms with Crippen molar-refractivity contribution < 1.29 is 19.1 Å². The normalized spacial score (nSPS) is 21.6. The lowest BCUT2D eigenvalue weighted by atomic mass is 9.69. The molecular weight excluding hydrogens is 426 g/mol. The van der Waals surface area contributed by atoms with E-state index in [1.54, 1.807) is 24.3 Å². The molecule has 0 N–H and O–H groups in total. The Morgan fingerprint density at radius 2 is 1.62 bits per heavy atom. The average molecular weight is 462 g/mol. The van der Waals surface area contributed by atoms with Gasteiger partial charge in [0.2, 0.25) is 0 Å². The van der Waals surface area contributed by atoms with E-state index in [0.717, 1.165) is 25.7 Å². The quantitative estimate of drug-likeness (QED) is 0.156. The molecule has 1 saturated carbocycles. The molecule has 1 aliphatic carbocycles. The van der Waals surface area contributed by atoms with Crippen LogP contribution in [0, 0.1) is 28.6 Å². The Labute approximate surface area is 197 Å². The van der Waals surface area contributed by atoms with Gasteiger partial charge in [0.15, 0.2) is 0 Å². The maximum absolute atomic E-state index is 12.6. The number of carbonyl (C=O) groups excluding carboxylic acids is 2. The molecule has 1 aromatic carbocycles. The molecule has 1 aliphatic rings. The van der Waals surface area contributed by atoms with E-state index in [-0.39, 0.29) is 23.2 Å². The third-order valence-electron chi connectivity index (χ3n) is 6.34. The Morgan fingerprint density at radius 1 is 1.06 bits per heavy atom. The number of hydrogen-bond donors (Lipinski definition) is 0. The molecule has 0 radical (unpaired) electrons. The van der Waals surface area contributed by atoms with Crippen molar-refractivity contribution in [3.05, 3.63) is 24.3 Å². The van der Waals surface area contributed by atoms with Crippen LogP contribution in [0.25, 0.3) is 0 Å². The Morgan fingerprint density at radius 3 is 2.16 bits per heavy atom. The van der Waals surface area contributed by atoms with Crippen LogP contribution in [0.5, 0.6) is 11.5 Å². The smallest absolute Gasteiger partial charge is 0.329 e. The van der Waals surface area contributed by atoms with Crippen molar-refractivity contribution in [1.29, 1.82) is 5.26 Å². The average Bonchev–Trinajstić information content (AvgIpc) is 2.80. The number of alkyl halides is 1. The summed E-state index contributed by atoms with van der Waals surface area (Å²) in [6.45, 7) is 5.89. The van der Waals surface area contributed by atoms with E-state index in [9.17, 15) is 14.9 Å². The second-order valence-electron chi connectivity index (χ2n) is 9.29. The highest BCUT2D eigenvalue weighted by molar-refractivity contribution is 6.30. The second kappa shape index (κ2) is 12.8. The highest BCUT2D eigenvalue weighted by Crippen LogP contribution is 2.42. The summed E-state index contributed by atoms with van der Waals surface area (Å²) in [5.74, 6) is -0.201. The molecule has 1 aromatic rings. The number of benzene rings is 1. The van der Waals surface area contributed by atoms with Crippen LogP contribution >= 0.6 is 11.6 Å². The minimum Gasteiger partial charge on any atom is -0.426 e. The second-order valence-corrected chi connectivity index (χ2v) is 9.76. The Balaban J connectivity index is 1.81. The molecule has 1 fully saturated rings. The zero-order chi connectivity index (χ0) is 23.6. The summed E-state index contributed by atoms with van der Waals surface area (Å²) in [5.41, 5.74) is -0.287. The largest absolute Gasteiger partial charge is 0.426 e. The van der Waals surface area contributed by atoms with Gasteiger partial charge < -0.3 is 9.47 Å². The maximum atomic E-state index is 12.6. The fourth-order valence-electron chi connectivity index (χ4n) is 4.11. The lowest BCUT2D eigenvalue weighted by Gasteiger charge is -2.34. The molecular formula is C26H36ClNO4. The van der Waals surface area contributed by atoms with Gasteiger partial charge in [-0.1, -0.05) is 52.9 Å². The van der Waals surface area contributed by atoms with Crippen molar-refractivity contribution in [2.24, 2.45) is 17.3 Å². The van der Waals surface area contributed by atoms with Gasteiger partial charge in [0.25, 0.3) is 0 Å². The molecule has 0 amide bonds. The lowest BCUT2D eigenvalue weighted by Crippen LogP contribution is -2.31. The van der Waals surface area contributed by atoms with Crippen LogP contribution in [-0.4, -0.2) is 17.3 Å². The van der Waals surface area contributed by atoms with Crippen molar-refractivity contribution >= 4 is 23.5 Å². The van der Waals surface area contributed by atoms with E-state index in [2.05, 4.69) is 13.0 Å². The molecule has 5 nitrogen and oxygen atoms in total. The highest BCUT2D eigenvalue weighted by atomic mass is 35.5. The number of carbonyl (C=O) groups is 2. The molecule has 0 aromatic heterocycles. The molecule has 32 heavy (non-hydrogen) atoms. The number of unbranched alkanes of at least 4 members (excludes halogenated alkanes) is 4. The van der Waals surface area contributed by atoms with Crippen molar-refractivity contribution in [3.63, 3.8) is 0 Å². The van der Waals surface area contributed by atoms with Crippen molar-refractivity contribution in [2.75, 3.05) is 0 Å². The third kappa shape index (κ3) is 7.81. The summed E-state index contributed by atoms with van der Waals surface area (Å²) < 4.78 is 10.8. The van der Waals surface area contributed by atoms with Gasteiger partial charge in [-0.3, -0.25) is 9.59 Å². The summed E-state index contributed by atoms with van der Waals surface area (Å²) >= 11 is 6.02. The molecule has 0 aliphatic heterocycles. The Bertz CT molecular complexity index is 776. The molecule has 1 atom stereocenters. The van der Waals surface area contributed by atoms with Crippen molar-refractivity contribution in [3.8, 4) is 17.6 Å². The molecule has 0 spiro atoms. The van der Waals surface area contributed by atoms with Gasteiger partial charge in [-0.05, 0) is 62.3 Å². The van der Waals surface area contributed by atoms with Gasteiger partial charge >= 0.3 is 11.9 Å². The first-order valence-electron chi connectivity index (χ1n) is 11.9. The van der Waals surface area contributed by atoms with Gasteiger partial charge in [0.1, 0.15) is 16.9 Å². The lowest BCUT2D eigenvalue weighted by molar-refractivity contribution is -0.140. The zero-order valence-electron chi connectivity index (χ0n) is 19.6. The zero-order valence-corrected chi connectivity index (χ0v) is 20.3. The van der Waals surface area contributed by atoms with E-state index in [0.29, 0.717) is 24.3 Å². The van der Waals surface area contributed by atoms with Crippen LogP contribution < -0.4 is 9.47 Å². The molecule has 0 bridgehead atoms. The predicted molar refractivity (Wildman–Crippen MR) is 126 cm³/mol. The van der Waals surface area contributed by atoms with Gasteiger partial charge in [-0.15, -0.1) is 11.6 Å². The maximum Gasteiger partial charge on any atom is 0.329 e. The first kappa shape index (κ1) is 26.2. The molecule has 6 heteroatoms. The highest BCUT2D eigenvalue weighted by Gasteiger charge is 2.38. The fourth-order valence-corrected chi connectivity index (χ4v) is 4.16. The Kier molecular flexibility index (Phi) is 10.5. The number of hydrogen-bond acceptors (Lipinski definition) is 5. The van der Waals surface area contributed by atoms with Crippen LogP contribution in [0.15, 0.2) is 24.3 Å². The summed E-state index contributed by atoms with van der Waals surface area (Å²) in [7, 11) is 0. The monoisotopic (exact) mass is 461 g/mol. The number of ether oxygens (including phenoxy) is 2. The Hall–Kier alpha value is -2.06. The number of rotatable bonds is 11. The molecule has 0 saturated heterocycles. The number of nitriles is 1. The first-order valence-corrected chi connectivity index (χ1v) is 12.3. The summed E-state index contributed by atoms with van der Waals surface area (Å²) in [6, 6.07) is 8.94. The van der Waals surface area contributed by atoms with Gasteiger partial charge in [0.05, 0.1) is 17.4 Å². The van der Waals surface area contributed by atoms with Crippen LogP contribution in [0.2, 0.25) is 0 Å². The number of nitrogens with zero attached hydrogens (tertiary/aromatic N) is 1. The molecule has 176 valence electrons. The molecule has 2 rings (SSSR count). The number of halogens is 1. The molecule has 1 unspecified atom stereocenters. The standard InChI is InChI=1S/C26H36ClNO4/c1-4-5-6-7-8-15-26(18-28)16-13-20(14-17-26)24(29)31-21-9-11-22(12-10-21)32-25(30)23(27)19(2)3/h9-12,19-20,23H,4-8,13-17H2,1-3H3. The summed E-state index contributed by atoms with van der Waals surface area (Å²) in [6.07, 6.45) is 9.76. The van der Waals surface area contributed by atoms with Crippen molar-refractivity contribution in [2.45, 2.75) is 90.4 Å². The SMILES string of the molecule is CCCCCCCC1(C#N)CCC(C(=O)Oc2ccc(OC(=O)C(Cl)C(C)C)cc2)CC1. The van der Waals surface area contributed by atoms with Crippen LogP contribution in [0.4, 0.5) is 0 Å². The topological polar surface area (TPSA) is 76.4 Å². The van der Waals surface area contributed by atoms with Gasteiger partial charge in [-0.25, -0.2) is 0 Å². The van der Waals surface area contributed by atoms with E-state index in [1.807, 2.05) is 13.8 Å². The van der Waals surface area contributed by atoms with Crippen molar-refractivity contribution in [1.82, 2.24) is 0 Å². The summed E-state index contributed by atoms with van der Waals surface area (Å²) in [4.78, 5) is 24.6. The first-order chi connectivity index (χ1) is 15.3. The minimum absolute atomic E-state index is 0.0271. The minimum atomic E-state index is -0.712. The molecule has 0 heterocycles. The van der Waals surface area contributed by atoms with E-state index >= 15 is 0 Å². The van der Waals surface area contributed by atoms with Crippen LogP contribution in [0.3, 0.4) is 0 Å².